The Morgan fingerprint density at radius 2 is 1.87 bits per heavy atom. The van der Waals surface area contributed by atoms with Crippen molar-refractivity contribution < 1.29 is 9.53 Å². The molecule has 0 radical (unpaired) electrons. The predicted molar refractivity (Wildman–Crippen MR) is 123 cm³/mol. The molecule has 0 aliphatic rings. The highest BCUT2D eigenvalue weighted by Crippen LogP contribution is 2.23. The molecule has 1 amide bonds. The average Bonchev–Trinajstić information content (AvgIpc) is 3.20. The number of aryl methyl sites for hydroxylation is 2. The summed E-state index contributed by atoms with van der Waals surface area (Å²) in [6, 6.07) is 14.0. The zero-order chi connectivity index (χ0) is 21.7. The van der Waals surface area contributed by atoms with Crippen molar-refractivity contribution in [2.24, 2.45) is 0 Å². The van der Waals surface area contributed by atoms with Gasteiger partial charge in [0.15, 0.2) is 0 Å². The van der Waals surface area contributed by atoms with Crippen LogP contribution in [0.4, 0.5) is 0 Å². The van der Waals surface area contributed by atoms with Gasteiger partial charge in [-0.3, -0.25) is 4.79 Å². The summed E-state index contributed by atoms with van der Waals surface area (Å²) in [5.41, 5.74) is 5.14. The van der Waals surface area contributed by atoms with E-state index in [-0.39, 0.29) is 11.9 Å². The molecule has 0 aliphatic carbocycles. The van der Waals surface area contributed by atoms with Crippen molar-refractivity contribution in [1.29, 1.82) is 0 Å². The van der Waals surface area contributed by atoms with Gasteiger partial charge in [-0.25, -0.2) is 4.98 Å². The molecule has 0 saturated heterocycles. The molecule has 1 atom stereocenters. The maximum atomic E-state index is 13.1. The highest BCUT2D eigenvalue weighted by Gasteiger charge is 2.22. The molecule has 3 aromatic rings. The lowest BCUT2D eigenvalue weighted by Crippen LogP contribution is -2.37. The summed E-state index contributed by atoms with van der Waals surface area (Å²) in [4.78, 5) is 19.8. The fraction of sp³-hybridized carbons (Fsp3) is 0.360. The van der Waals surface area contributed by atoms with Gasteiger partial charge in [-0.2, -0.15) is 0 Å². The van der Waals surface area contributed by atoms with Gasteiger partial charge in [-0.15, -0.1) is 11.3 Å². The monoisotopic (exact) mass is 422 g/mol. The lowest BCUT2D eigenvalue weighted by atomic mass is 10.1. The second-order valence-electron chi connectivity index (χ2n) is 7.78. The Hall–Kier alpha value is -2.66. The Kier molecular flexibility index (Phi) is 7.27. The molecule has 0 N–H and O–H groups in total. The van der Waals surface area contributed by atoms with Crippen LogP contribution in [0, 0.1) is 20.8 Å². The van der Waals surface area contributed by atoms with E-state index in [4.69, 9.17) is 9.72 Å². The third kappa shape index (κ3) is 5.28. The van der Waals surface area contributed by atoms with Gasteiger partial charge in [0.25, 0.3) is 5.91 Å². The number of rotatable bonds is 8. The van der Waals surface area contributed by atoms with Gasteiger partial charge < -0.3 is 9.64 Å². The second kappa shape index (κ2) is 9.90. The predicted octanol–water partition coefficient (Wildman–Crippen LogP) is 6.09. The van der Waals surface area contributed by atoms with Crippen LogP contribution < -0.4 is 4.74 Å². The van der Waals surface area contributed by atoms with E-state index in [2.05, 4.69) is 33.8 Å². The van der Waals surface area contributed by atoms with E-state index in [1.54, 1.807) is 11.3 Å². The maximum Gasteiger partial charge on any atom is 0.254 e. The van der Waals surface area contributed by atoms with Crippen LogP contribution in [0.2, 0.25) is 0 Å². The minimum absolute atomic E-state index is 0.0468. The van der Waals surface area contributed by atoms with Crippen molar-refractivity contribution in [3.8, 4) is 5.75 Å². The molecule has 0 aliphatic heterocycles. The summed E-state index contributed by atoms with van der Waals surface area (Å²) in [5, 5.41) is 2.94. The Morgan fingerprint density at radius 1 is 1.13 bits per heavy atom. The minimum atomic E-state index is 0.0468. The third-order valence-electron chi connectivity index (χ3n) is 5.52. The standard InChI is InChI=1S/C25H30N2O2S/c1-6-19(4)27(25(28)21-12-10-17(2)11-13-21)14-22-16-30-24(26-22)15-29-23-9-7-8-18(3)20(23)5/h7-13,16,19H,6,14-15H2,1-5H3/t19-/m1/s1. The van der Waals surface area contributed by atoms with Crippen molar-refractivity contribution in [1.82, 2.24) is 9.88 Å². The molecule has 0 spiro atoms. The normalized spacial score (nSPS) is 11.9. The summed E-state index contributed by atoms with van der Waals surface area (Å²) in [6.45, 7) is 11.3. The number of ether oxygens (including phenoxy) is 1. The summed E-state index contributed by atoms with van der Waals surface area (Å²) >= 11 is 1.58. The van der Waals surface area contributed by atoms with Crippen molar-refractivity contribution >= 4 is 17.2 Å². The SMILES string of the molecule is CC[C@@H](C)N(Cc1csc(COc2cccc(C)c2C)n1)C(=O)c1ccc(C)cc1. The molecule has 0 saturated carbocycles. The van der Waals surface area contributed by atoms with E-state index in [1.807, 2.05) is 53.6 Å². The Balaban J connectivity index is 1.70. The van der Waals surface area contributed by atoms with Crippen LogP contribution in [-0.2, 0) is 13.2 Å². The number of carbonyl (C=O) groups excluding carboxylic acids is 1. The first kappa shape index (κ1) is 22.0. The number of benzene rings is 2. The molecule has 1 heterocycles. The van der Waals surface area contributed by atoms with E-state index in [0.717, 1.165) is 39.6 Å². The smallest absolute Gasteiger partial charge is 0.254 e. The summed E-state index contributed by atoms with van der Waals surface area (Å²) < 4.78 is 5.99. The number of amides is 1. The van der Waals surface area contributed by atoms with Crippen LogP contribution in [0.3, 0.4) is 0 Å². The lowest BCUT2D eigenvalue weighted by Gasteiger charge is -2.28. The summed E-state index contributed by atoms with van der Waals surface area (Å²) in [7, 11) is 0. The van der Waals surface area contributed by atoms with E-state index < -0.39 is 0 Å². The van der Waals surface area contributed by atoms with Crippen molar-refractivity contribution in [2.75, 3.05) is 0 Å². The highest BCUT2D eigenvalue weighted by molar-refractivity contribution is 7.09. The van der Waals surface area contributed by atoms with Gasteiger partial charge in [-0.1, -0.05) is 36.8 Å². The average molecular weight is 423 g/mol. The Labute approximate surface area is 183 Å². The molecule has 3 rings (SSSR count). The van der Waals surface area contributed by atoms with Crippen LogP contribution in [0.25, 0.3) is 0 Å². The zero-order valence-electron chi connectivity index (χ0n) is 18.4. The first-order valence-corrected chi connectivity index (χ1v) is 11.3. The minimum Gasteiger partial charge on any atom is -0.486 e. The van der Waals surface area contributed by atoms with Gasteiger partial charge in [0.2, 0.25) is 0 Å². The number of thiazole rings is 1. The highest BCUT2D eigenvalue weighted by atomic mass is 32.1. The van der Waals surface area contributed by atoms with E-state index >= 15 is 0 Å². The second-order valence-corrected chi connectivity index (χ2v) is 8.72. The molecule has 1 aromatic heterocycles. The molecule has 158 valence electrons. The van der Waals surface area contributed by atoms with Crippen LogP contribution in [0.1, 0.15) is 58.0 Å². The van der Waals surface area contributed by atoms with Gasteiger partial charge in [0.1, 0.15) is 17.4 Å². The molecule has 0 fully saturated rings. The van der Waals surface area contributed by atoms with Crippen LogP contribution in [-0.4, -0.2) is 21.8 Å². The summed E-state index contributed by atoms with van der Waals surface area (Å²) in [5.74, 6) is 0.938. The Bertz CT molecular complexity index is 995. The molecule has 0 unspecified atom stereocenters. The fourth-order valence-electron chi connectivity index (χ4n) is 3.19. The van der Waals surface area contributed by atoms with Crippen LogP contribution >= 0.6 is 11.3 Å². The first-order chi connectivity index (χ1) is 14.4. The van der Waals surface area contributed by atoms with Gasteiger partial charge in [-0.05, 0) is 63.4 Å². The lowest BCUT2D eigenvalue weighted by molar-refractivity contribution is 0.0669. The molecule has 2 aromatic carbocycles. The van der Waals surface area contributed by atoms with Gasteiger partial charge >= 0.3 is 0 Å². The van der Waals surface area contributed by atoms with E-state index in [9.17, 15) is 4.79 Å². The molecule has 0 bridgehead atoms. The molecule has 4 nitrogen and oxygen atoms in total. The number of nitrogens with zero attached hydrogens (tertiary/aromatic N) is 2. The molecular weight excluding hydrogens is 392 g/mol. The van der Waals surface area contributed by atoms with Crippen molar-refractivity contribution in [3.05, 3.63) is 80.8 Å². The van der Waals surface area contributed by atoms with Crippen molar-refractivity contribution in [3.63, 3.8) is 0 Å². The first-order valence-electron chi connectivity index (χ1n) is 10.4. The van der Waals surface area contributed by atoms with Crippen LogP contribution in [0.15, 0.2) is 47.8 Å². The van der Waals surface area contributed by atoms with E-state index in [0.29, 0.717) is 13.2 Å². The van der Waals surface area contributed by atoms with Gasteiger partial charge in [0.05, 0.1) is 12.2 Å². The molecule has 30 heavy (non-hydrogen) atoms. The summed E-state index contributed by atoms with van der Waals surface area (Å²) in [6.07, 6.45) is 0.893. The molecular formula is C25H30N2O2S. The maximum absolute atomic E-state index is 13.1. The number of hydrogen-bond donors (Lipinski definition) is 0. The largest absolute Gasteiger partial charge is 0.486 e. The van der Waals surface area contributed by atoms with Crippen molar-refractivity contribution in [2.45, 2.75) is 60.2 Å². The topological polar surface area (TPSA) is 42.4 Å². The third-order valence-corrected chi connectivity index (χ3v) is 6.39. The fourth-order valence-corrected chi connectivity index (χ4v) is 3.89. The Morgan fingerprint density at radius 3 is 2.57 bits per heavy atom. The number of aromatic nitrogens is 1. The zero-order valence-corrected chi connectivity index (χ0v) is 19.3. The van der Waals surface area contributed by atoms with Crippen LogP contribution in [0.5, 0.6) is 5.75 Å². The quantitative estimate of drug-likeness (QED) is 0.441. The molecule has 5 heteroatoms. The number of hydrogen-bond acceptors (Lipinski definition) is 4. The number of carbonyl (C=O) groups is 1. The van der Waals surface area contributed by atoms with E-state index in [1.165, 1.54) is 5.56 Å². The van der Waals surface area contributed by atoms with Gasteiger partial charge in [0, 0.05) is 17.0 Å².